The van der Waals surface area contributed by atoms with E-state index < -0.39 is 28.2 Å². The van der Waals surface area contributed by atoms with Crippen LogP contribution in [0.5, 0.6) is 0 Å². The van der Waals surface area contributed by atoms with E-state index in [1.165, 1.54) is 0 Å². The van der Waals surface area contributed by atoms with E-state index in [9.17, 15) is 8.78 Å². The van der Waals surface area contributed by atoms with Crippen molar-refractivity contribution in [2.45, 2.75) is 0 Å². The van der Waals surface area contributed by atoms with E-state index >= 15 is 0 Å². The van der Waals surface area contributed by atoms with Gasteiger partial charge in [0.05, 0.1) is 5.69 Å². The fourth-order valence-corrected chi connectivity index (χ4v) is 1.76. The van der Waals surface area contributed by atoms with Gasteiger partial charge >= 0.3 is 0 Å². The van der Waals surface area contributed by atoms with Crippen LogP contribution in [0.25, 0.3) is 0 Å². The Hall–Kier alpha value is -1.72. The molecule has 0 atom stereocenters. The van der Waals surface area contributed by atoms with Crippen LogP contribution in [0.3, 0.4) is 0 Å². The number of hydrogen-bond acceptors (Lipinski definition) is 4. The van der Waals surface area contributed by atoms with Crippen molar-refractivity contribution < 1.29 is 8.78 Å². The predicted molar refractivity (Wildman–Crippen MR) is 67.7 cm³/mol. The van der Waals surface area contributed by atoms with Crippen LogP contribution in [0.4, 0.5) is 14.5 Å². The van der Waals surface area contributed by atoms with Gasteiger partial charge in [-0.1, -0.05) is 11.6 Å². The minimum absolute atomic E-state index is 0.0791. The summed E-state index contributed by atoms with van der Waals surface area (Å²) in [5, 5.41) is 18.5. The van der Waals surface area contributed by atoms with Gasteiger partial charge in [0.15, 0.2) is 17.5 Å². The Morgan fingerprint density at radius 3 is 2.72 bits per heavy atom. The molecule has 0 amide bonds. The zero-order valence-electron chi connectivity index (χ0n) is 8.56. The van der Waals surface area contributed by atoms with Gasteiger partial charge in [0.1, 0.15) is 11.1 Å². The Kier molecular flexibility index (Phi) is 4.58. The predicted octanol–water partition coefficient (Wildman–Crippen LogP) is 2.61. The van der Waals surface area contributed by atoms with Gasteiger partial charge in [0.25, 0.3) is 0 Å². The number of rotatable bonds is 3. The quantitative estimate of drug-likeness (QED) is 0.260. The van der Waals surface area contributed by atoms with Crippen molar-refractivity contribution in [3.63, 3.8) is 0 Å². The van der Waals surface area contributed by atoms with Crippen LogP contribution in [-0.4, -0.2) is 11.5 Å². The summed E-state index contributed by atoms with van der Waals surface area (Å²) < 4.78 is 26.2. The number of hydrazone groups is 1. The van der Waals surface area contributed by atoms with E-state index in [-0.39, 0.29) is 10.2 Å². The molecule has 0 aliphatic carbocycles. The van der Waals surface area contributed by atoms with Crippen LogP contribution in [0.1, 0.15) is 0 Å². The first-order valence-corrected chi connectivity index (χ1v) is 5.46. The van der Waals surface area contributed by atoms with Crippen molar-refractivity contribution in [1.82, 2.24) is 0 Å². The molecule has 0 aliphatic heterocycles. The summed E-state index contributed by atoms with van der Waals surface area (Å²) in [5.41, 5.74) is 6.80. The molecule has 18 heavy (non-hydrogen) atoms. The minimum Gasteiger partial charge on any atom is -0.382 e. The van der Waals surface area contributed by atoms with Gasteiger partial charge in [-0.05, 0) is 22.0 Å². The third-order valence-corrected chi connectivity index (χ3v) is 2.74. The highest BCUT2D eigenvalue weighted by atomic mass is 79.9. The topological polar surface area (TPSA) is 98.0 Å². The first kappa shape index (κ1) is 14.3. The lowest BCUT2D eigenvalue weighted by Gasteiger charge is -2.08. The molecule has 0 saturated heterocycles. The Labute approximate surface area is 114 Å². The van der Waals surface area contributed by atoms with Crippen LogP contribution in [-0.2, 0) is 0 Å². The summed E-state index contributed by atoms with van der Waals surface area (Å²) in [7, 11) is 0. The number of hydrogen-bond donors (Lipinski definition) is 3. The van der Waals surface area contributed by atoms with Crippen molar-refractivity contribution in [3.8, 4) is 6.07 Å². The molecule has 9 heteroatoms. The fourth-order valence-electron chi connectivity index (χ4n) is 0.926. The number of nitrogens with zero attached hydrogens (tertiary/aromatic N) is 2. The Morgan fingerprint density at radius 2 is 2.22 bits per heavy atom. The highest BCUT2D eigenvalue weighted by molar-refractivity contribution is 9.10. The summed E-state index contributed by atoms with van der Waals surface area (Å²) in [6, 6.07) is 2.39. The second-order valence-electron chi connectivity index (χ2n) is 2.94. The third-order valence-electron chi connectivity index (χ3n) is 1.75. The first-order chi connectivity index (χ1) is 8.38. The molecule has 4 N–H and O–H groups in total. The molecule has 0 unspecified atom stereocenters. The van der Waals surface area contributed by atoms with E-state index in [0.717, 1.165) is 6.07 Å². The molecule has 0 bridgehead atoms. The van der Waals surface area contributed by atoms with E-state index in [2.05, 4.69) is 26.5 Å². The molecular weight excluding hydrogens is 331 g/mol. The van der Waals surface area contributed by atoms with Gasteiger partial charge < -0.3 is 5.73 Å². The van der Waals surface area contributed by atoms with Gasteiger partial charge in [-0.2, -0.15) is 10.4 Å². The Bertz CT molecular complexity index is 581. The molecule has 0 aliphatic rings. The van der Waals surface area contributed by atoms with Crippen molar-refractivity contribution in [2.24, 2.45) is 10.8 Å². The van der Waals surface area contributed by atoms with E-state index in [0.29, 0.717) is 0 Å². The van der Waals surface area contributed by atoms with Crippen molar-refractivity contribution in [3.05, 3.63) is 27.2 Å². The maximum absolute atomic E-state index is 13.2. The first-order valence-electron chi connectivity index (χ1n) is 4.29. The standard InChI is InChI=1S/C9H5BrClF2N5/c10-3-1-4(12)7(13)6(11)8(3)18-17-5(2-14)9(15)16/h1,18H,(H3,15,16)/b17-5+. The van der Waals surface area contributed by atoms with E-state index in [4.69, 9.17) is 28.0 Å². The van der Waals surface area contributed by atoms with Crippen molar-refractivity contribution >= 4 is 44.8 Å². The second-order valence-corrected chi connectivity index (χ2v) is 4.17. The molecule has 0 radical (unpaired) electrons. The lowest BCUT2D eigenvalue weighted by atomic mass is 10.3. The SMILES string of the molecule is N#C/C(=N\Nc1c(Br)cc(F)c(F)c1Cl)C(=N)N. The number of nitriles is 1. The summed E-state index contributed by atoms with van der Waals surface area (Å²) in [5.74, 6) is -2.95. The largest absolute Gasteiger partial charge is 0.382 e. The highest BCUT2D eigenvalue weighted by Gasteiger charge is 2.16. The van der Waals surface area contributed by atoms with Gasteiger partial charge in [0, 0.05) is 4.47 Å². The zero-order valence-corrected chi connectivity index (χ0v) is 10.9. The maximum atomic E-state index is 13.2. The number of halogens is 4. The minimum atomic E-state index is -1.25. The van der Waals surface area contributed by atoms with Crippen LogP contribution in [0, 0.1) is 28.4 Å². The van der Waals surface area contributed by atoms with Crippen molar-refractivity contribution in [2.75, 3.05) is 5.43 Å². The van der Waals surface area contributed by atoms with Gasteiger partial charge in [-0.25, -0.2) is 8.78 Å². The molecule has 0 aromatic heterocycles. The second kappa shape index (κ2) is 5.75. The number of nitrogens with two attached hydrogens (primary N) is 1. The smallest absolute Gasteiger partial charge is 0.201 e. The van der Waals surface area contributed by atoms with Gasteiger partial charge in [-0.3, -0.25) is 10.8 Å². The summed E-state index contributed by atoms with van der Waals surface area (Å²) >= 11 is 8.52. The van der Waals surface area contributed by atoms with Crippen LogP contribution in [0.2, 0.25) is 5.02 Å². The summed E-state index contributed by atoms with van der Waals surface area (Å²) in [6.07, 6.45) is 0. The summed E-state index contributed by atoms with van der Waals surface area (Å²) in [6.45, 7) is 0. The van der Waals surface area contributed by atoms with Gasteiger partial charge in [0.2, 0.25) is 5.71 Å². The number of nitrogens with one attached hydrogen (secondary N) is 2. The van der Waals surface area contributed by atoms with Gasteiger partial charge in [-0.15, -0.1) is 0 Å². The van der Waals surface area contributed by atoms with Crippen molar-refractivity contribution in [1.29, 1.82) is 10.7 Å². The van der Waals surface area contributed by atoms with Crippen LogP contribution >= 0.6 is 27.5 Å². The molecule has 1 aromatic carbocycles. The molecule has 0 saturated carbocycles. The normalized spacial score (nSPS) is 10.9. The number of anilines is 1. The molecule has 0 fully saturated rings. The molecule has 0 spiro atoms. The fraction of sp³-hybridized carbons (Fsp3) is 0. The van der Waals surface area contributed by atoms with Crippen LogP contribution in [0.15, 0.2) is 15.6 Å². The molecule has 94 valence electrons. The van der Waals surface area contributed by atoms with Crippen LogP contribution < -0.4 is 11.2 Å². The Balaban J connectivity index is 3.18. The number of benzene rings is 1. The highest BCUT2D eigenvalue weighted by Crippen LogP contribution is 2.34. The monoisotopic (exact) mass is 335 g/mol. The zero-order chi connectivity index (χ0) is 13.9. The molecular formula is C9H5BrClF2N5. The lowest BCUT2D eigenvalue weighted by molar-refractivity contribution is 0.509. The molecule has 0 heterocycles. The Morgan fingerprint density at radius 1 is 1.61 bits per heavy atom. The molecule has 1 rings (SSSR count). The lowest BCUT2D eigenvalue weighted by Crippen LogP contribution is -2.22. The third kappa shape index (κ3) is 2.94. The maximum Gasteiger partial charge on any atom is 0.201 e. The average molecular weight is 337 g/mol. The van der Waals surface area contributed by atoms with E-state index in [1.54, 1.807) is 6.07 Å². The molecule has 5 nitrogen and oxygen atoms in total. The molecule has 1 aromatic rings. The summed E-state index contributed by atoms with van der Waals surface area (Å²) in [4.78, 5) is 0. The van der Waals surface area contributed by atoms with E-state index in [1.807, 2.05) is 0 Å². The number of amidine groups is 1. The average Bonchev–Trinajstić information content (AvgIpc) is 2.30.